The van der Waals surface area contributed by atoms with E-state index < -0.39 is 0 Å². The van der Waals surface area contributed by atoms with E-state index in [0.717, 1.165) is 78.0 Å². The van der Waals surface area contributed by atoms with Crippen LogP contribution in [-0.2, 0) is 52.2 Å². The van der Waals surface area contributed by atoms with Gasteiger partial charge in [-0.05, 0) is 65.0 Å². The number of rotatable bonds is 19. The predicted octanol–water partition coefficient (Wildman–Crippen LogP) is 17.5. The molecule has 59 heavy (non-hydrogen) atoms. The Morgan fingerprint density at radius 3 is 1.85 bits per heavy atom. The van der Waals surface area contributed by atoms with Crippen LogP contribution in [0.25, 0.3) is 27.5 Å². The molecule has 5 rings (SSSR count). The Labute approximate surface area is 381 Å². The molecule has 0 amide bonds. The monoisotopic (exact) mass is 968 g/mol. The van der Waals surface area contributed by atoms with Crippen molar-refractivity contribution in [3.8, 4) is 11.3 Å². The smallest absolute Gasteiger partial charge is 0.134 e. The average molecular weight is 967 g/mol. The molecule has 0 fully saturated rings. The molecule has 0 N–H and O–H groups in total. The Morgan fingerprint density at radius 1 is 0.695 bits per heavy atom. The molecule has 0 radical (unpaired) electrons. The van der Waals surface area contributed by atoms with Crippen LogP contribution in [0.4, 0.5) is 5.69 Å². The second-order valence-corrected chi connectivity index (χ2v) is 17.1. The predicted molar refractivity (Wildman–Crippen MR) is 255 cm³/mol. The zero-order valence-corrected chi connectivity index (χ0v) is 43.3. The fourth-order valence-corrected chi connectivity index (χ4v) is 7.80. The number of imidazole rings is 1. The molecule has 1 unspecified atom stereocenters. The average Bonchev–Trinajstić information content (AvgIpc) is 3.79. The standard InChI is InChI=1S/C42H54N3O.C8H18.C4H9.Hf/c1-11-17-29-19-16-21-32(27(6)7)40(29)44-41(38-30(18-12-2)23-31(26(4)5)24-34(38)28(8)9)42-43-35(25-45(42)10)39-33-20-14-15-22-37(33)46-36(39)13-3;1-3-5-7-8-6-4-2;1-3-4-2;/h14-16,19-28,41H,11-13,17-18H2,1-10H3;3-8H2,1-2H3;1,3-4H2,2H3;/q-1;;-1;. The summed E-state index contributed by atoms with van der Waals surface area (Å²) in [5.74, 6) is 3.12. The van der Waals surface area contributed by atoms with Gasteiger partial charge in [0.2, 0.25) is 0 Å². The van der Waals surface area contributed by atoms with Gasteiger partial charge >= 0.3 is 0 Å². The zero-order valence-electron chi connectivity index (χ0n) is 39.7. The van der Waals surface area contributed by atoms with Gasteiger partial charge in [0.1, 0.15) is 11.3 Å². The fourth-order valence-electron chi connectivity index (χ4n) is 7.80. The number of fused-ring (bicyclic) bond motifs is 1. The summed E-state index contributed by atoms with van der Waals surface area (Å²) in [7, 11) is 2.14. The Balaban J connectivity index is 0.000000808. The number of nitrogens with zero attached hydrogens (tertiary/aromatic N) is 3. The molecule has 2 heterocycles. The van der Waals surface area contributed by atoms with Crippen LogP contribution in [0.3, 0.4) is 0 Å². The second-order valence-electron chi connectivity index (χ2n) is 17.1. The summed E-state index contributed by atoms with van der Waals surface area (Å²) in [5.41, 5.74) is 12.3. The molecule has 0 saturated carbocycles. The van der Waals surface area contributed by atoms with E-state index in [-0.39, 0.29) is 31.9 Å². The van der Waals surface area contributed by atoms with Crippen molar-refractivity contribution >= 4 is 16.7 Å². The van der Waals surface area contributed by atoms with Gasteiger partial charge in [0.25, 0.3) is 0 Å². The molecular weight excluding hydrogens is 885 g/mol. The topological polar surface area (TPSA) is 45.1 Å². The van der Waals surface area contributed by atoms with E-state index in [2.05, 4.69) is 156 Å². The summed E-state index contributed by atoms with van der Waals surface area (Å²) in [6, 6.07) is 19.8. The van der Waals surface area contributed by atoms with E-state index in [9.17, 15) is 0 Å². The van der Waals surface area contributed by atoms with Gasteiger partial charge in [-0.15, -0.1) is 5.69 Å². The van der Waals surface area contributed by atoms with E-state index in [4.69, 9.17) is 14.7 Å². The van der Waals surface area contributed by atoms with E-state index in [1.807, 2.05) is 6.07 Å². The van der Waals surface area contributed by atoms with Crippen molar-refractivity contribution in [3.63, 3.8) is 0 Å². The van der Waals surface area contributed by atoms with Crippen molar-refractivity contribution in [1.29, 1.82) is 0 Å². The molecule has 324 valence electrons. The van der Waals surface area contributed by atoms with Crippen molar-refractivity contribution in [1.82, 2.24) is 9.55 Å². The van der Waals surface area contributed by atoms with Crippen LogP contribution < -0.4 is 0 Å². The third-order valence-electron chi connectivity index (χ3n) is 11.2. The second kappa shape index (κ2) is 27.1. The van der Waals surface area contributed by atoms with Crippen molar-refractivity contribution in [2.75, 3.05) is 0 Å². The molecule has 0 bridgehead atoms. The minimum Gasteiger partial charge on any atom is -0.671 e. The molecule has 0 aliphatic rings. The van der Waals surface area contributed by atoms with Crippen LogP contribution in [0.15, 0.2) is 65.2 Å². The van der Waals surface area contributed by atoms with Gasteiger partial charge in [0.15, 0.2) is 0 Å². The minimum atomic E-state index is -0.252. The summed E-state index contributed by atoms with van der Waals surface area (Å²) >= 11 is 0. The maximum Gasteiger partial charge on any atom is 0.134 e. The number of para-hydroxylation sites is 2. The van der Waals surface area contributed by atoms with Crippen molar-refractivity contribution in [3.05, 3.63) is 118 Å². The molecule has 3 aromatic carbocycles. The molecule has 4 nitrogen and oxygen atoms in total. The van der Waals surface area contributed by atoms with Crippen LogP contribution in [0.1, 0.15) is 216 Å². The van der Waals surface area contributed by atoms with Gasteiger partial charge in [-0.25, -0.2) is 4.98 Å². The number of hydrogen-bond donors (Lipinski definition) is 0. The SMILES string of the molecule is CCCCCCCC.CCCc1cccc(C(C)C)c1[N-]C(c1c(CCC)cc(C(C)C)cc1C(C)C)c1nc(-c2c(CC)oc3ccccc23)cn1C.[CH2-]CCC.[Hf]. The van der Waals surface area contributed by atoms with Crippen LogP contribution in [0.2, 0.25) is 0 Å². The molecule has 0 spiro atoms. The van der Waals surface area contributed by atoms with E-state index in [0.29, 0.717) is 17.8 Å². The van der Waals surface area contributed by atoms with Crippen LogP contribution >= 0.6 is 0 Å². The van der Waals surface area contributed by atoms with E-state index >= 15 is 0 Å². The van der Waals surface area contributed by atoms with E-state index in [1.54, 1.807) is 0 Å². The first-order valence-corrected chi connectivity index (χ1v) is 23.2. The maximum absolute atomic E-state index is 6.34. The van der Waals surface area contributed by atoms with Gasteiger partial charge < -0.3 is 21.2 Å². The fraction of sp³-hybridized carbons (Fsp3) is 0.556. The first kappa shape index (κ1) is 52.2. The largest absolute Gasteiger partial charge is 0.671 e. The summed E-state index contributed by atoms with van der Waals surface area (Å²) in [5, 5.41) is 6.97. The van der Waals surface area contributed by atoms with Gasteiger partial charge in [-0.2, -0.15) is 6.42 Å². The van der Waals surface area contributed by atoms with Gasteiger partial charge in [-0.3, -0.25) is 0 Å². The van der Waals surface area contributed by atoms with E-state index in [1.165, 1.54) is 78.3 Å². The molecule has 0 saturated heterocycles. The van der Waals surface area contributed by atoms with Crippen LogP contribution in [-0.4, -0.2) is 9.55 Å². The summed E-state index contributed by atoms with van der Waals surface area (Å²) < 4.78 is 8.56. The third-order valence-corrected chi connectivity index (χ3v) is 11.2. The Morgan fingerprint density at radius 2 is 1.31 bits per heavy atom. The molecule has 5 aromatic rings. The Bertz CT molecular complexity index is 1920. The van der Waals surface area contributed by atoms with Gasteiger partial charge in [-0.1, -0.05) is 201 Å². The molecule has 1 atom stereocenters. The normalized spacial score (nSPS) is 11.7. The zero-order chi connectivity index (χ0) is 42.8. The third kappa shape index (κ3) is 14.3. The molecular formula is C54H81HfN3O-2. The summed E-state index contributed by atoms with van der Waals surface area (Å²) in [6.45, 7) is 30.8. The van der Waals surface area contributed by atoms with Crippen LogP contribution in [0.5, 0.6) is 0 Å². The number of aryl methyl sites for hydroxylation is 4. The van der Waals surface area contributed by atoms with Crippen molar-refractivity contribution < 1.29 is 30.3 Å². The first-order chi connectivity index (χ1) is 27.9. The summed E-state index contributed by atoms with van der Waals surface area (Å²) in [4.78, 5) is 5.50. The minimum absolute atomic E-state index is 0. The van der Waals surface area contributed by atoms with Gasteiger partial charge in [0, 0.05) is 50.9 Å². The number of aromatic nitrogens is 2. The quantitative estimate of drug-likeness (QED) is 0.0470. The first-order valence-electron chi connectivity index (χ1n) is 23.2. The maximum atomic E-state index is 6.34. The molecule has 0 aliphatic carbocycles. The number of unbranched alkanes of at least 4 members (excludes halogenated alkanes) is 6. The van der Waals surface area contributed by atoms with Crippen LogP contribution in [0, 0.1) is 6.92 Å². The molecule has 2 aromatic heterocycles. The van der Waals surface area contributed by atoms with Crippen molar-refractivity contribution in [2.24, 2.45) is 7.05 Å². The Kier molecular flexibility index (Phi) is 24.0. The molecule has 5 heteroatoms. The Hall–Kier alpha value is -2.92. The summed E-state index contributed by atoms with van der Waals surface area (Å²) in [6.07, 6.45) is 17.9. The number of benzene rings is 3. The molecule has 0 aliphatic heterocycles. The van der Waals surface area contributed by atoms with Gasteiger partial charge in [0.05, 0.1) is 17.1 Å². The number of hydrogen-bond acceptors (Lipinski definition) is 2. The van der Waals surface area contributed by atoms with Crippen molar-refractivity contribution in [2.45, 2.75) is 190 Å². The number of furan rings is 1.